The van der Waals surface area contributed by atoms with E-state index in [1.807, 2.05) is 32.9 Å². The number of rotatable bonds is 4. The Morgan fingerprint density at radius 3 is 2.41 bits per heavy atom. The summed E-state index contributed by atoms with van der Waals surface area (Å²) in [6.45, 7) is 5.65. The maximum Gasteiger partial charge on any atom is 0.326 e. The lowest BCUT2D eigenvalue weighted by Gasteiger charge is -2.29. The Kier molecular flexibility index (Phi) is 3.99. The number of methoxy groups -OCH3 is 1. The topological polar surface area (TPSA) is 58.6 Å². The van der Waals surface area contributed by atoms with Gasteiger partial charge in [-0.1, -0.05) is 32.9 Å². The van der Waals surface area contributed by atoms with Gasteiger partial charge in [-0.3, -0.25) is 0 Å². The Morgan fingerprint density at radius 1 is 1.35 bits per heavy atom. The molecule has 0 aliphatic heterocycles. The van der Waals surface area contributed by atoms with E-state index in [-0.39, 0.29) is 5.41 Å². The fourth-order valence-electron chi connectivity index (χ4n) is 1.57. The molecule has 1 aromatic carbocycles. The third kappa shape index (κ3) is 3.37. The molecule has 0 aliphatic rings. The molecule has 2 N–H and O–H groups in total. The number of para-hydroxylation sites is 2. The molecule has 0 spiro atoms. The predicted octanol–water partition coefficient (Wildman–Crippen LogP) is 2.61. The minimum Gasteiger partial charge on any atom is -0.495 e. The van der Waals surface area contributed by atoms with Crippen LogP contribution >= 0.6 is 0 Å². The Bertz CT molecular complexity index is 396. The van der Waals surface area contributed by atoms with Gasteiger partial charge in [-0.15, -0.1) is 0 Å². The van der Waals surface area contributed by atoms with Gasteiger partial charge < -0.3 is 15.2 Å². The van der Waals surface area contributed by atoms with Crippen LogP contribution in [-0.4, -0.2) is 24.2 Å². The van der Waals surface area contributed by atoms with Crippen LogP contribution in [0.5, 0.6) is 5.75 Å². The molecular formula is C13H19NO3. The number of carboxylic acids is 1. The van der Waals surface area contributed by atoms with Gasteiger partial charge in [0.1, 0.15) is 11.8 Å². The van der Waals surface area contributed by atoms with Crippen LogP contribution in [0.15, 0.2) is 24.3 Å². The van der Waals surface area contributed by atoms with E-state index in [1.165, 1.54) is 0 Å². The highest BCUT2D eigenvalue weighted by atomic mass is 16.5. The number of anilines is 1. The van der Waals surface area contributed by atoms with Crippen molar-refractivity contribution in [1.82, 2.24) is 0 Å². The first-order valence-electron chi connectivity index (χ1n) is 5.48. The Balaban J connectivity index is 2.98. The molecule has 0 radical (unpaired) electrons. The van der Waals surface area contributed by atoms with Crippen LogP contribution in [0.3, 0.4) is 0 Å². The number of hydrogen-bond donors (Lipinski definition) is 2. The van der Waals surface area contributed by atoms with Crippen molar-refractivity contribution in [1.29, 1.82) is 0 Å². The molecule has 0 aromatic heterocycles. The molecule has 1 aromatic rings. The van der Waals surface area contributed by atoms with Gasteiger partial charge in [0.05, 0.1) is 12.8 Å². The molecule has 0 heterocycles. The van der Waals surface area contributed by atoms with Crippen molar-refractivity contribution in [3.63, 3.8) is 0 Å². The quantitative estimate of drug-likeness (QED) is 0.845. The molecule has 17 heavy (non-hydrogen) atoms. The van der Waals surface area contributed by atoms with Crippen LogP contribution in [0.2, 0.25) is 0 Å². The molecule has 0 amide bonds. The number of carbonyl (C=O) groups is 1. The third-order valence-electron chi connectivity index (χ3n) is 2.52. The second kappa shape index (κ2) is 5.08. The highest BCUT2D eigenvalue weighted by molar-refractivity contribution is 5.79. The first-order chi connectivity index (χ1) is 7.86. The summed E-state index contributed by atoms with van der Waals surface area (Å²) in [6, 6.07) is 6.62. The van der Waals surface area contributed by atoms with Gasteiger partial charge in [0, 0.05) is 0 Å². The lowest BCUT2D eigenvalue weighted by atomic mass is 9.86. The van der Waals surface area contributed by atoms with Gasteiger partial charge in [0.25, 0.3) is 0 Å². The molecule has 0 saturated carbocycles. The van der Waals surface area contributed by atoms with Crippen LogP contribution in [0.1, 0.15) is 20.8 Å². The highest BCUT2D eigenvalue weighted by Gasteiger charge is 2.31. The van der Waals surface area contributed by atoms with Gasteiger partial charge in [0.2, 0.25) is 0 Å². The standard InChI is InChI=1S/C13H19NO3/c1-13(2,3)11(12(15)16)14-9-7-5-6-8-10(9)17-4/h5-8,11,14H,1-4H3,(H,15,16). The molecule has 1 unspecified atom stereocenters. The van der Waals surface area contributed by atoms with Crippen LogP contribution < -0.4 is 10.1 Å². The van der Waals surface area contributed by atoms with E-state index in [0.717, 1.165) is 0 Å². The molecule has 0 saturated heterocycles. The van der Waals surface area contributed by atoms with Crippen molar-refractivity contribution < 1.29 is 14.6 Å². The van der Waals surface area contributed by atoms with Crippen molar-refractivity contribution in [2.45, 2.75) is 26.8 Å². The molecule has 1 rings (SSSR count). The molecule has 0 fully saturated rings. The van der Waals surface area contributed by atoms with Crippen LogP contribution in [-0.2, 0) is 4.79 Å². The molecule has 0 bridgehead atoms. The number of benzene rings is 1. The van der Waals surface area contributed by atoms with Crippen molar-refractivity contribution in [3.8, 4) is 5.75 Å². The van der Waals surface area contributed by atoms with Crippen LogP contribution in [0, 0.1) is 5.41 Å². The summed E-state index contributed by atoms with van der Waals surface area (Å²) in [5.41, 5.74) is 0.310. The SMILES string of the molecule is COc1ccccc1NC(C(=O)O)C(C)(C)C. The number of ether oxygens (including phenoxy) is 1. The van der Waals surface area contributed by atoms with Crippen molar-refractivity contribution in [2.75, 3.05) is 12.4 Å². The van der Waals surface area contributed by atoms with E-state index in [4.69, 9.17) is 4.74 Å². The zero-order chi connectivity index (χ0) is 13.1. The molecular weight excluding hydrogens is 218 g/mol. The molecule has 1 atom stereocenters. The molecule has 0 aliphatic carbocycles. The Labute approximate surface area is 102 Å². The molecule has 4 nitrogen and oxygen atoms in total. The van der Waals surface area contributed by atoms with E-state index in [9.17, 15) is 9.90 Å². The monoisotopic (exact) mass is 237 g/mol. The minimum absolute atomic E-state index is 0.382. The van der Waals surface area contributed by atoms with Crippen molar-refractivity contribution in [2.24, 2.45) is 5.41 Å². The predicted molar refractivity (Wildman–Crippen MR) is 67.5 cm³/mol. The number of nitrogens with one attached hydrogen (secondary N) is 1. The molecule has 94 valence electrons. The maximum absolute atomic E-state index is 11.2. The zero-order valence-electron chi connectivity index (χ0n) is 10.7. The van der Waals surface area contributed by atoms with Crippen molar-refractivity contribution >= 4 is 11.7 Å². The van der Waals surface area contributed by atoms with E-state index >= 15 is 0 Å². The zero-order valence-corrected chi connectivity index (χ0v) is 10.7. The number of hydrogen-bond acceptors (Lipinski definition) is 3. The average molecular weight is 237 g/mol. The summed E-state index contributed by atoms with van der Waals surface area (Å²) in [5, 5.41) is 12.2. The lowest BCUT2D eigenvalue weighted by molar-refractivity contribution is -0.140. The second-order valence-electron chi connectivity index (χ2n) is 4.98. The Morgan fingerprint density at radius 2 is 1.94 bits per heavy atom. The average Bonchev–Trinajstić information content (AvgIpc) is 2.24. The van der Waals surface area contributed by atoms with Crippen LogP contribution in [0.25, 0.3) is 0 Å². The highest BCUT2D eigenvalue weighted by Crippen LogP contribution is 2.28. The Hall–Kier alpha value is -1.71. The first kappa shape index (κ1) is 13.4. The van der Waals surface area contributed by atoms with E-state index in [2.05, 4.69) is 5.32 Å². The second-order valence-corrected chi connectivity index (χ2v) is 4.98. The third-order valence-corrected chi connectivity index (χ3v) is 2.52. The largest absolute Gasteiger partial charge is 0.495 e. The summed E-state index contributed by atoms with van der Waals surface area (Å²) >= 11 is 0. The summed E-state index contributed by atoms with van der Waals surface area (Å²) in [7, 11) is 1.56. The molecule has 4 heteroatoms. The maximum atomic E-state index is 11.2. The smallest absolute Gasteiger partial charge is 0.326 e. The van der Waals surface area contributed by atoms with E-state index in [0.29, 0.717) is 11.4 Å². The van der Waals surface area contributed by atoms with Gasteiger partial charge in [0.15, 0.2) is 0 Å². The van der Waals surface area contributed by atoms with Crippen LogP contribution in [0.4, 0.5) is 5.69 Å². The normalized spacial score (nSPS) is 12.9. The minimum atomic E-state index is -0.872. The summed E-state index contributed by atoms with van der Waals surface area (Å²) in [6.07, 6.45) is 0. The number of carboxylic acid groups (broad SMARTS) is 1. The summed E-state index contributed by atoms with van der Waals surface area (Å²) in [4.78, 5) is 11.2. The van der Waals surface area contributed by atoms with Gasteiger partial charge >= 0.3 is 5.97 Å². The van der Waals surface area contributed by atoms with E-state index in [1.54, 1.807) is 19.2 Å². The lowest BCUT2D eigenvalue weighted by Crippen LogP contribution is -2.41. The fraction of sp³-hybridized carbons (Fsp3) is 0.462. The van der Waals surface area contributed by atoms with Gasteiger partial charge in [-0.05, 0) is 17.5 Å². The van der Waals surface area contributed by atoms with Gasteiger partial charge in [-0.2, -0.15) is 0 Å². The first-order valence-corrected chi connectivity index (χ1v) is 5.48. The number of aliphatic carboxylic acids is 1. The summed E-state index contributed by atoms with van der Waals surface area (Å²) in [5.74, 6) is -0.230. The fourth-order valence-corrected chi connectivity index (χ4v) is 1.57. The van der Waals surface area contributed by atoms with E-state index < -0.39 is 12.0 Å². The van der Waals surface area contributed by atoms with Gasteiger partial charge in [-0.25, -0.2) is 4.79 Å². The van der Waals surface area contributed by atoms with Crippen molar-refractivity contribution in [3.05, 3.63) is 24.3 Å². The summed E-state index contributed by atoms with van der Waals surface area (Å²) < 4.78 is 5.18.